The van der Waals surface area contributed by atoms with Crippen LogP contribution in [0.3, 0.4) is 0 Å². The van der Waals surface area contributed by atoms with Gasteiger partial charge in [0.05, 0.1) is 6.04 Å². The van der Waals surface area contributed by atoms with Gasteiger partial charge in [0.2, 0.25) is 11.8 Å². The van der Waals surface area contributed by atoms with E-state index in [1.807, 2.05) is 15.9 Å². The lowest BCUT2D eigenvalue weighted by Crippen LogP contribution is -2.50. The zero-order chi connectivity index (χ0) is 22.0. The van der Waals surface area contributed by atoms with Gasteiger partial charge in [0.25, 0.3) is 0 Å². The maximum absolute atomic E-state index is 13.7. The molecule has 1 fully saturated rings. The van der Waals surface area contributed by atoms with Crippen molar-refractivity contribution in [3.63, 3.8) is 0 Å². The molecule has 2 unspecified atom stereocenters. The molecule has 2 atom stereocenters. The summed E-state index contributed by atoms with van der Waals surface area (Å²) >= 11 is 1.79. The first-order valence-electron chi connectivity index (χ1n) is 11.7. The van der Waals surface area contributed by atoms with Gasteiger partial charge < -0.3 is 9.80 Å². The minimum atomic E-state index is -0.0657. The van der Waals surface area contributed by atoms with Gasteiger partial charge in [0.15, 0.2) is 0 Å². The number of thiophene rings is 1. The summed E-state index contributed by atoms with van der Waals surface area (Å²) < 4.78 is 0. The summed E-state index contributed by atoms with van der Waals surface area (Å²) in [5.74, 6) is 0.344. The Bertz CT molecular complexity index is 931. The molecule has 31 heavy (non-hydrogen) atoms. The highest BCUT2D eigenvalue weighted by atomic mass is 32.1. The molecule has 0 spiro atoms. The van der Waals surface area contributed by atoms with Gasteiger partial charge >= 0.3 is 0 Å². The molecule has 5 heteroatoms. The average Bonchev–Trinajstić information content (AvgIpc) is 3.48. The quantitative estimate of drug-likeness (QED) is 0.610. The summed E-state index contributed by atoms with van der Waals surface area (Å²) in [7, 11) is 0. The van der Waals surface area contributed by atoms with E-state index in [-0.39, 0.29) is 36.4 Å². The predicted octanol–water partition coefficient (Wildman–Crippen LogP) is 5.35. The molecule has 0 saturated heterocycles. The molecule has 2 amide bonds. The van der Waals surface area contributed by atoms with Gasteiger partial charge in [-0.1, -0.05) is 44.0 Å². The topological polar surface area (TPSA) is 40.6 Å². The average molecular weight is 439 g/mol. The third kappa shape index (κ3) is 4.43. The molecule has 0 N–H and O–H groups in total. The second kappa shape index (κ2) is 9.56. The second-order valence-electron chi connectivity index (χ2n) is 9.10. The molecule has 4 nitrogen and oxygen atoms in total. The Morgan fingerprint density at radius 2 is 1.90 bits per heavy atom. The molecule has 2 aromatic rings. The summed E-state index contributed by atoms with van der Waals surface area (Å²) in [6.45, 7) is 7.18. The van der Waals surface area contributed by atoms with Gasteiger partial charge in [-0.2, -0.15) is 0 Å². The van der Waals surface area contributed by atoms with Gasteiger partial charge in [-0.05, 0) is 67.7 Å². The van der Waals surface area contributed by atoms with E-state index in [9.17, 15) is 9.59 Å². The molecule has 1 aromatic carbocycles. The largest absolute Gasteiger partial charge is 0.330 e. The lowest BCUT2D eigenvalue weighted by molar-refractivity contribution is -0.145. The first-order chi connectivity index (χ1) is 15.0. The van der Waals surface area contributed by atoms with Crippen molar-refractivity contribution in [3.05, 3.63) is 57.3 Å². The molecule has 2 aliphatic rings. The Hall–Kier alpha value is -2.14. The van der Waals surface area contributed by atoms with Crippen molar-refractivity contribution < 1.29 is 9.59 Å². The second-order valence-corrected chi connectivity index (χ2v) is 10.1. The van der Waals surface area contributed by atoms with Crippen molar-refractivity contribution >= 4 is 23.2 Å². The van der Waals surface area contributed by atoms with Crippen LogP contribution in [0.15, 0.2) is 35.7 Å². The van der Waals surface area contributed by atoms with E-state index in [1.165, 1.54) is 21.6 Å². The monoisotopic (exact) mass is 438 g/mol. The molecule has 1 aromatic heterocycles. The van der Waals surface area contributed by atoms with E-state index in [1.54, 1.807) is 11.3 Å². The van der Waals surface area contributed by atoms with E-state index in [2.05, 4.69) is 50.4 Å². The van der Waals surface area contributed by atoms with Crippen LogP contribution in [0.4, 0.5) is 0 Å². The standard InChI is InChI=1S/C26H34N2O2S/c1-4-19(3)28(26(30)20-10-6-7-11-20)17-24(29)27-15-13-23-22(14-16-31-23)25(27)21-12-8-5-9-18(21)2/h5,8-9,12,14,16,19-20,25H,4,6-7,10-11,13,15,17H2,1-3H3. The number of rotatable bonds is 6. The number of hydrogen-bond donors (Lipinski definition) is 0. The molecule has 1 aliphatic heterocycles. The summed E-state index contributed by atoms with van der Waals surface area (Å²) in [4.78, 5) is 32.3. The van der Waals surface area contributed by atoms with Gasteiger partial charge in [-0.25, -0.2) is 0 Å². The van der Waals surface area contributed by atoms with Crippen LogP contribution in [0.25, 0.3) is 0 Å². The van der Waals surface area contributed by atoms with Crippen molar-refractivity contribution in [3.8, 4) is 0 Å². The summed E-state index contributed by atoms with van der Waals surface area (Å²) in [5, 5.41) is 2.14. The number of carbonyl (C=O) groups is 2. The van der Waals surface area contributed by atoms with E-state index in [4.69, 9.17) is 0 Å². The number of fused-ring (bicyclic) bond motifs is 1. The minimum absolute atomic E-state index is 0.0657. The van der Waals surface area contributed by atoms with Crippen molar-refractivity contribution in [1.82, 2.24) is 9.80 Å². The summed E-state index contributed by atoms with van der Waals surface area (Å²) in [6.07, 6.45) is 5.94. The van der Waals surface area contributed by atoms with Crippen LogP contribution in [0.1, 0.15) is 73.6 Å². The van der Waals surface area contributed by atoms with Crippen LogP contribution < -0.4 is 0 Å². The highest BCUT2D eigenvalue weighted by Gasteiger charge is 2.36. The first kappa shape index (κ1) is 22.1. The number of amides is 2. The van der Waals surface area contributed by atoms with Crippen molar-refractivity contribution in [1.29, 1.82) is 0 Å². The van der Waals surface area contributed by atoms with Crippen LogP contribution in [0.2, 0.25) is 0 Å². The molecule has 1 saturated carbocycles. The van der Waals surface area contributed by atoms with E-state index >= 15 is 0 Å². The number of hydrogen-bond acceptors (Lipinski definition) is 3. The predicted molar refractivity (Wildman–Crippen MR) is 126 cm³/mol. The molecule has 4 rings (SSSR count). The molecule has 1 aliphatic carbocycles. The minimum Gasteiger partial charge on any atom is -0.330 e. The SMILES string of the molecule is CCC(C)N(CC(=O)N1CCc2sccc2C1c1ccccc1C)C(=O)C1CCCC1. The Morgan fingerprint density at radius 3 is 2.61 bits per heavy atom. The van der Waals surface area contributed by atoms with E-state index in [0.29, 0.717) is 6.54 Å². The Labute approximate surface area is 190 Å². The molecule has 0 bridgehead atoms. The molecule has 0 radical (unpaired) electrons. The lowest BCUT2D eigenvalue weighted by Gasteiger charge is -2.39. The van der Waals surface area contributed by atoms with E-state index in [0.717, 1.165) is 38.5 Å². The smallest absolute Gasteiger partial charge is 0.243 e. The van der Waals surface area contributed by atoms with Gasteiger partial charge in [0, 0.05) is 23.4 Å². The van der Waals surface area contributed by atoms with Crippen LogP contribution >= 0.6 is 11.3 Å². The maximum Gasteiger partial charge on any atom is 0.243 e. The molecule has 2 heterocycles. The van der Waals surface area contributed by atoms with E-state index < -0.39 is 0 Å². The summed E-state index contributed by atoms with van der Waals surface area (Å²) in [6, 6.07) is 10.6. The molecule has 166 valence electrons. The summed E-state index contributed by atoms with van der Waals surface area (Å²) in [5.41, 5.74) is 3.63. The Balaban J connectivity index is 1.62. The zero-order valence-corrected chi connectivity index (χ0v) is 19.8. The molecular weight excluding hydrogens is 404 g/mol. The van der Waals surface area contributed by atoms with Crippen molar-refractivity contribution in [2.24, 2.45) is 5.92 Å². The van der Waals surface area contributed by atoms with Gasteiger partial charge in [-0.15, -0.1) is 11.3 Å². The van der Waals surface area contributed by atoms with Crippen LogP contribution in [0.5, 0.6) is 0 Å². The fraction of sp³-hybridized carbons (Fsp3) is 0.538. The number of benzene rings is 1. The number of aryl methyl sites for hydroxylation is 1. The maximum atomic E-state index is 13.7. The zero-order valence-electron chi connectivity index (χ0n) is 19.0. The highest BCUT2D eigenvalue weighted by Crippen LogP contribution is 2.39. The highest BCUT2D eigenvalue weighted by molar-refractivity contribution is 7.10. The van der Waals surface area contributed by atoms with Crippen LogP contribution in [0, 0.1) is 12.8 Å². The molecular formula is C26H34N2O2S. The van der Waals surface area contributed by atoms with Crippen LogP contribution in [-0.4, -0.2) is 40.7 Å². The Morgan fingerprint density at radius 1 is 1.16 bits per heavy atom. The van der Waals surface area contributed by atoms with Gasteiger partial charge in [0.1, 0.15) is 6.54 Å². The number of nitrogens with zero attached hydrogens (tertiary/aromatic N) is 2. The Kier molecular flexibility index (Phi) is 6.80. The van der Waals surface area contributed by atoms with Crippen molar-refractivity contribution in [2.45, 2.75) is 71.4 Å². The third-order valence-electron chi connectivity index (χ3n) is 7.19. The van der Waals surface area contributed by atoms with Crippen molar-refractivity contribution in [2.75, 3.05) is 13.1 Å². The fourth-order valence-corrected chi connectivity index (χ4v) is 6.03. The van der Waals surface area contributed by atoms with Crippen LogP contribution in [-0.2, 0) is 16.0 Å². The third-order valence-corrected chi connectivity index (χ3v) is 8.18. The fourth-order valence-electron chi connectivity index (χ4n) is 5.13. The van der Waals surface area contributed by atoms with Gasteiger partial charge in [-0.3, -0.25) is 9.59 Å². The number of carbonyl (C=O) groups excluding carboxylic acids is 2. The first-order valence-corrected chi connectivity index (χ1v) is 12.6. The normalized spacial score (nSPS) is 19.8. The lowest BCUT2D eigenvalue weighted by atomic mass is 9.90.